The van der Waals surface area contributed by atoms with Gasteiger partial charge in [-0.25, -0.2) is 0 Å². The summed E-state index contributed by atoms with van der Waals surface area (Å²) in [6.07, 6.45) is -2.84. The van der Waals surface area contributed by atoms with Gasteiger partial charge in [-0.05, 0) is 45.8 Å². The van der Waals surface area contributed by atoms with Crippen LogP contribution in [0.1, 0.15) is 11.1 Å². The van der Waals surface area contributed by atoms with Crippen LogP contribution in [0.4, 0.5) is 13.2 Å². The maximum atomic E-state index is 12.6. The molecule has 0 spiro atoms. The van der Waals surface area contributed by atoms with Crippen molar-refractivity contribution in [2.24, 2.45) is 0 Å². The largest absolute Gasteiger partial charge is 0.416 e. The molecule has 0 aliphatic rings. The van der Waals surface area contributed by atoms with Crippen LogP contribution in [0, 0.1) is 0 Å². The molecule has 0 saturated carbocycles. The minimum absolute atomic E-state index is 0.0994. The van der Waals surface area contributed by atoms with E-state index in [4.69, 9.17) is 0 Å². The first kappa shape index (κ1) is 13.9. The minimum atomic E-state index is -4.38. The van der Waals surface area contributed by atoms with Crippen molar-refractivity contribution in [1.82, 2.24) is 4.57 Å². The van der Waals surface area contributed by atoms with E-state index in [1.807, 2.05) is 0 Å². The van der Waals surface area contributed by atoms with Gasteiger partial charge in [-0.3, -0.25) is 4.79 Å². The number of halogens is 4. The van der Waals surface area contributed by atoms with E-state index in [2.05, 4.69) is 15.9 Å². The quantitative estimate of drug-likeness (QED) is 0.822. The van der Waals surface area contributed by atoms with Gasteiger partial charge in [-0.15, -0.1) is 0 Å². The molecule has 100 valence electrons. The molecule has 1 aromatic heterocycles. The number of benzene rings is 1. The Morgan fingerprint density at radius 2 is 1.89 bits per heavy atom. The Hall–Kier alpha value is -1.56. The fraction of sp³-hybridized carbons (Fsp3) is 0.154. The fourth-order valence-electron chi connectivity index (χ4n) is 1.67. The number of hydrogen-bond acceptors (Lipinski definition) is 1. The Bertz CT molecular complexity index is 649. The Kier molecular flexibility index (Phi) is 3.80. The minimum Gasteiger partial charge on any atom is -0.310 e. The third-order valence-electron chi connectivity index (χ3n) is 2.58. The van der Waals surface area contributed by atoms with Crippen LogP contribution in [-0.4, -0.2) is 4.57 Å². The van der Waals surface area contributed by atoms with Crippen LogP contribution in [0.2, 0.25) is 0 Å². The number of aromatic nitrogens is 1. The van der Waals surface area contributed by atoms with Gasteiger partial charge in [0.25, 0.3) is 5.56 Å². The summed E-state index contributed by atoms with van der Waals surface area (Å²) < 4.78 is 39.4. The van der Waals surface area contributed by atoms with Crippen LogP contribution in [-0.2, 0) is 12.7 Å². The van der Waals surface area contributed by atoms with Crippen molar-refractivity contribution in [2.45, 2.75) is 12.7 Å². The monoisotopic (exact) mass is 331 g/mol. The molecule has 0 saturated heterocycles. The second-order valence-electron chi connectivity index (χ2n) is 3.99. The summed E-state index contributed by atoms with van der Waals surface area (Å²) >= 11 is 3.09. The third kappa shape index (κ3) is 3.26. The summed E-state index contributed by atoms with van der Waals surface area (Å²) in [5.74, 6) is 0. The maximum absolute atomic E-state index is 12.6. The highest BCUT2D eigenvalue weighted by molar-refractivity contribution is 9.10. The van der Waals surface area contributed by atoms with Crippen molar-refractivity contribution in [3.63, 3.8) is 0 Å². The number of rotatable bonds is 2. The molecule has 2 aromatic rings. The van der Waals surface area contributed by atoms with Crippen molar-refractivity contribution < 1.29 is 13.2 Å². The average Bonchev–Trinajstić information content (AvgIpc) is 2.34. The van der Waals surface area contributed by atoms with Crippen molar-refractivity contribution in [1.29, 1.82) is 0 Å². The van der Waals surface area contributed by atoms with E-state index in [0.29, 0.717) is 10.0 Å². The van der Waals surface area contributed by atoms with Crippen molar-refractivity contribution in [2.75, 3.05) is 0 Å². The zero-order chi connectivity index (χ0) is 14.0. The molecule has 0 atom stereocenters. The zero-order valence-electron chi connectivity index (χ0n) is 9.62. The van der Waals surface area contributed by atoms with Gasteiger partial charge in [0.15, 0.2) is 0 Å². The van der Waals surface area contributed by atoms with E-state index in [1.165, 1.54) is 16.8 Å². The molecule has 0 amide bonds. The van der Waals surface area contributed by atoms with Gasteiger partial charge in [-0.2, -0.15) is 13.2 Å². The lowest BCUT2D eigenvalue weighted by atomic mass is 10.1. The van der Waals surface area contributed by atoms with E-state index >= 15 is 0 Å². The Balaban J connectivity index is 2.34. The van der Waals surface area contributed by atoms with Gasteiger partial charge < -0.3 is 4.57 Å². The number of hydrogen-bond donors (Lipinski definition) is 0. The average molecular weight is 332 g/mol. The highest BCUT2D eigenvalue weighted by Crippen LogP contribution is 2.29. The summed E-state index contributed by atoms with van der Waals surface area (Å²) in [5, 5.41) is 0. The predicted octanol–water partition coefficient (Wildman–Crippen LogP) is 3.68. The van der Waals surface area contributed by atoms with Crippen molar-refractivity contribution in [3.05, 3.63) is 68.5 Å². The fourth-order valence-corrected chi connectivity index (χ4v) is 2.06. The lowest BCUT2D eigenvalue weighted by molar-refractivity contribution is -0.137. The van der Waals surface area contributed by atoms with Gasteiger partial charge in [0.2, 0.25) is 0 Å². The van der Waals surface area contributed by atoms with E-state index < -0.39 is 11.7 Å². The molecule has 0 radical (unpaired) electrons. The van der Waals surface area contributed by atoms with Gasteiger partial charge in [-0.1, -0.05) is 12.1 Å². The Labute approximate surface area is 115 Å². The van der Waals surface area contributed by atoms with E-state index in [9.17, 15) is 18.0 Å². The molecule has 19 heavy (non-hydrogen) atoms. The smallest absolute Gasteiger partial charge is 0.310 e. The third-order valence-corrected chi connectivity index (χ3v) is 3.18. The second-order valence-corrected chi connectivity index (χ2v) is 4.84. The summed E-state index contributed by atoms with van der Waals surface area (Å²) in [4.78, 5) is 11.7. The molecule has 0 N–H and O–H groups in total. The molecule has 1 heterocycles. The molecule has 0 aliphatic carbocycles. The molecular weight excluding hydrogens is 323 g/mol. The van der Waals surface area contributed by atoms with Gasteiger partial charge in [0.05, 0.1) is 16.6 Å². The second kappa shape index (κ2) is 5.21. The highest BCUT2D eigenvalue weighted by Gasteiger charge is 2.30. The lowest BCUT2D eigenvalue weighted by Gasteiger charge is -2.10. The number of nitrogens with zero attached hydrogens (tertiary/aromatic N) is 1. The molecule has 0 fully saturated rings. The molecule has 2 rings (SSSR count). The van der Waals surface area contributed by atoms with E-state index in [0.717, 1.165) is 12.1 Å². The van der Waals surface area contributed by atoms with Gasteiger partial charge >= 0.3 is 6.18 Å². The van der Waals surface area contributed by atoms with Crippen LogP contribution < -0.4 is 5.56 Å². The van der Waals surface area contributed by atoms with Crippen LogP contribution in [0.15, 0.2) is 51.9 Å². The van der Waals surface area contributed by atoms with Crippen molar-refractivity contribution in [3.8, 4) is 0 Å². The Morgan fingerprint density at radius 1 is 1.16 bits per heavy atom. The summed E-state index contributed by atoms with van der Waals surface area (Å²) in [6.45, 7) is 0.0994. The van der Waals surface area contributed by atoms with Crippen LogP contribution in [0.5, 0.6) is 0 Å². The van der Waals surface area contributed by atoms with Crippen LogP contribution >= 0.6 is 15.9 Å². The summed E-state index contributed by atoms with van der Waals surface area (Å²) in [7, 11) is 0. The maximum Gasteiger partial charge on any atom is 0.416 e. The van der Waals surface area contributed by atoms with Crippen LogP contribution in [0.3, 0.4) is 0 Å². The SMILES string of the molecule is O=c1c(Br)cccn1Cc1cccc(C(F)(F)F)c1. The first-order valence-electron chi connectivity index (χ1n) is 5.39. The van der Waals surface area contributed by atoms with E-state index in [-0.39, 0.29) is 12.1 Å². The number of pyridine rings is 1. The normalized spacial score (nSPS) is 11.6. The summed E-state index contributed by atoms with van der Waals surface area (Å²) in [5.41, 5.74) is -0.567. The molecular formula is C13H9BrF3NO. The number of alkyl halides is 3. The van der Waals surface area contributed by atoms with Crippen LogP contribution in [0.25, 0.3) is 0 Å². The topological polar surface area (TPSA) is 22.0 Å². The van der Waals surface area contributed by atoms with Gasteiger partial charge in [0, 0.05) is 6.20 Å². The highest BCUT2D eigenvalue weighted by atomic mass is 79.9. The van der Waals surface area contributed by atoms with Gasteiger partial charge in [0.1, 0.15) is 0 Å². The first-order chi connectivity index (χ1) is 8.88. The molecule has 0 bridgehead atoms. The molecule has 0 aliphatic heterocycles. The molecule has 2 nitrogen and oxygen atoms in total. The Morgan fingerprint density at radius 3 is 2.58 bits per heavy atom. The molecule has 0 unspecified atom stereocenters. The summed E-state index contributed by atoms with van der Waals surface area (Å²) in [6, 6.07) is 8.19. The van der Waals surface area contributed by atoms with E-state index in [1.54, 1.807) is 18.2 Å². The van der Waals surface area contributed by atoms with Crippen molar-refractivity contribution >= 4 is 15.9 Å². The standard InChI is InChI=1S/C13H9BrF3NO/c14-11-5-2-6-18(12(11)19)8-9-3-1-4-10(7-9)13(15,16)17/h1-7H,8H2. The predicted molar refractivity (Wildman–Crippen MR) is 68.9 cm³/mol. The first-order valence-corrected chi connectivity index (χ1v) is 6.18. The molecule has 1 aromatic carbocycles. The zero-order valence-corrected chi connectivity index (χ0v) is 11.2. The lowest BCUT2D eigenvalue weighted by Crippen LogP contribution is -2.20. The molecule has 6 heteroatoms.